The van der Waals surface area contributed by atoms with Crippen molar-refractivity contribution >= 4 is 27.3 Å². The summed E-state index contributed by atoms with van der Waals surface area (Å²) < 4.78 is 27.4. The van der Waals surface area contributed by atoms with Crippen molar-refractivity contribution in [3.8, 4) is 0 Å². The highest BCUT2D eigenvalue weighted by Crippen LogP contribution is 2.26. The van der Waals surface area contributed by atoms with Crippen LogP contribution in [0.4, 0.5) is 11.4 Å². The maximum absolute atomic E-state index is 13.0. The number of aryl methyl sites for hydroxylation is 2. The summed E-state index contributed by atoms with van der Waals surface area (Å²) in [7, 11) is -1.51. The Morgan fingerprint density at radius 2 is 1.62 bits per heavy atom. The van der Waals surface area contributed by atoms with Crippen molar-refractivity contribution < 1.29 is 13.2 Å². The minimum atomic E-state index is -3.65. The summed E-state index contributed by atoms with van der Waals surface area (Å²) >= 11 is 0. The molecule has 1 amide bonds. The zero-order chi connectivity index (χ0) is 23.5. The molecule has 2 aromatic rings. The zero-order valence-corrected chi connectivity index (χ0v) is 20.5. The van der Waals surface area contributed by atoms with Crippen LogP contribution < -0.4 is 10.2 Å². The predicted octanol–water partition coefficient (Wildman–Crippen LogP) is 3.34. The SMILES string of the molecule is CCN(CC)S(=O)(=O)c1cc(C(=O)Nc2ccc(N3CCN(C)CC3)c(C)c2)ccc1C. The van der Waals surface area contributed by atoms with Gasteiger partial charge in [-0.25, -0.2) is 8.42 Å². The number of benzene rings is 2. The molecule has 174 valence electrons. The van der Waals surface area contributed by atoms with Gasteiger partial charge in [0.1, 0.15) is 0 Å². The van der Waals surface area contributed by atoms with Crippen LogP contribution in [-0.4, -0.2) is 69.8 Å². The van der Waals surface area contributed by atoms with Gasteiger partial charge in [0.25, 0.3) is 5.91 Å². The molecule has 1 heterocycles. The normalized spacial score (nSPS) is 15.2. The largest absolute Gasteiger partial charge is 0.369 e. The summed E-state index contributed by atoms with van der Waals surface area (Å²) in [5.74, 6) is -0.326. The van der Waals surface area contributed by atoms with Crippen LogP contribution in [0, 0.1) is 13.8 Å². The van der Waals surface area contributed by atoms with Crippen LogP contribution in [0.25, 0.3) is 0 Å². The third-order valence-electron chi connectivity index (χ3n) is 6.07. The minimum Gasteiger partial charge on any atom is -0.369 e. The predicted molar refractivity (Wildman–Crippen MR) is 130 cm³/mol. The van der Waals surface area contributed by atoms with Crippen molar-refractivity contribution in [2.75, 3.05) is 56.5 Å². The van der Waals surface area contributed by atoms with Crippen molar-refractivity contribution in [1.29, 1.82) is 0 Å². The fourth-order valence-corrected chi connectivity index (χ4v) is 5.77. The van der Waals surface area contributed by atoms with Crippen LogP contribution in [0.1, 0.15) is 35.3 Å². The highest BCUT2D eigenvalue weighted by molar-refractivity contribution is 7.89. The van der Waals surface area contributed by atoms with Gasteiger partial charge in [-0.05, 0) is 62.4 Å². The van der Waals surface area contributed by atoms with Crippen LogP contribution >= 0.6 is 0 Å². The maximum atomic E-state index is 13.0. The Kier molecular flexibility index (Phi) is 7.59. The van der Waals surface area contributed by atoms with Crippen molar-refractivity contribution in [3.63, 3.8) is 0 Å². The van der Waals surface area contributed by atoms with Gasteiger partial charge >= 0.3 is 0 Å². The number of hydrogen-bond acceptors (Lipinski definition) is 5. The number of nitrogens with zero attached hydrogens (tertiary/aromatic N) is 3. The molecule has 0 saturated carbocycles. The van der Waals surface area contributed by atoms with E-state index in [1.165, 1.54) is 16.1 Å². The molecule has 0 unspecified atom stereocenters. The second-order valence-electron chi connectivity index (χ2n) is 8.32. The van der Waals surface area contributed by atoms with E-state index >= 15 is 0 Å². The van der Waals surface area contributed by atoms with E-state index in [2.05, 4.69) is 22.2 Å². The lowest BCUT2D eigenvalue weighted by atomic mass is 10.1. The van der Waals surface area contributed by atoms with Crippen LogP contribution in [0.2, 0.25) is 0 Å². The highest BCUT2D eigenvalue weighted by Gasteiger charge is 2.25. The molecule has 0 atom stereocenters. The molecule has 1 aliphatic rings. The summed E-state index contributed by atoms with van der Waals surface area (Å²) in [5.41, 5.74) is 3.92. The van der Waals surface area contributed by atoms with Gasteiger partial charge in [-0.15, -0.1) is 0 Å². The Hall–Kier alpha value is -2.42. The topological polar surface area (TPSA) is 73.0 Å². The van der Waals surface area contributed by atoms with E-state index < -0.39 is 10.0 Å². The van der Waals surface area contributed by atoms with Gasteiger partial charge in [-0.3, -0.25) is 4.79 Å². The fraction of sp³-hybridized carbons (Fsp3) is 0.458. The monoisotopic (exact) mass is 458 g/mol. The number of carbonyl (C=O) groups excluding carboxylic acids is 1. The highest BCUT2D eigenvalue weighted by atomic mass is 32.2. The van der Waals surface area contributed by atoms with E-state index in [1.807, 2.05) is 25.1 Å². The summed E-state index contributed by atoms with van der Waals surface area (Å²) in [6.45, 7) is 12.2. The number of anilines is 2. The number of amides is 1. The lowest BCUT2D eigenvalue weighted by Crippen LogP contribution is -2.44. The summed E-state index contributed by atoms with van der Waals surface area (Å²) in [4.78, 5) is 17.8. The van der Waals surface area contributed by atoms with Crippen LogP contribution in [0.15, 0.2) is 41.3 Å². The molecule has 0 bridgehead atoms. The van der Waals surface area contributed by atoms with Crippen molar-refractivity contribution in [1.82, 2.24) is 9.21 Å². The molecular formula is C24H34N4O3S. The molecule has 2 aromatic carbocycles. The maximum Gasteiger partial charge on any atom is 0.255 e. The third kappa shape index (κ3) is 5.14. The van der Waals surface area contributed by atoms with E-state index in [-0.39, 0.29) is 10.8 Å². The third-order valence-corrected chi connectivity index (χ3v) is 8.26. The molecule has 1 aliphatic heterocycles. The Morgan fingerprint density at radius 1 is 0.969 bits per heavy atom. The molecule has 1 N–H and O–H groups in total. The number of hydrogen-bond donors (Lipinski definition) is 1. The molecule has 0 radical (unpaired) electrons. The van der Waals surface area contributed by atoms with Crippen molar-refractivity contribution in [2.45, 2.75) is 32.6 Å². The molecule has 1 saturated heterocycles. The first kappa shape index (κ1) is 24.2. The van der Waals surface area contributed by atoms with Gasteiger partial charge in [0, 0.05) is 56.2 Å². The number of piperazine rings is 1. The average molecular weight is 459 g/mol. The molecular weight excluding hydrogens is 424 g/mol. The van der Waals surface area contributed by atoms with Gasteiger partial charge in [0.05, 0.1) is 4.90 Å². The quantitative estimate of drug-likeness (QED) is 0.689. The van der Waals surface area contributed by atoms with Gasteiger partial charge in [0.15, 0.2) is 0 Å². The second kappa shape index (κ2) is 10.0. The summed E-state index contributed by atoms with van der Waals surface area (Å²) in [6, 6.07) is 10.7. The van der Waals surface area contributed by atoms with Crippen LogP contribution in [0.5, 0.6) is 0 Å². The van der Waals surface area contributed by atoms with Crippen LogP contribution in [0.3, 0.4) is 0 Å². The van der Waals surface area contributed by atoms with Crippen molar-refractivity contribution in [2.24, 2.45) is 0 Å². The number of rotatable bonds is 7. The first-order chi connectivity index (χ1) is 15.2. The molecule has 0 spiro atoms. The number of likely N-dealkylation sites (N-methyl/N-ethyl adjacent to an activating group) is 1. The lowest BCUT2D eigenvalue weighted by molar-refractivity contribution is 0.102. The Morgan fingerprint density at radius 3 is 2.22 bits per heavy atom. The molecule has 7 nitrogen and oxygen atoms in total. The van der Waals surface area contributed by atoms with E-state index in [0.717, 1.165) is 31.7 Å². The van der Waals surface area contributed by atoms with E-state index in [1.54, 1.807) is 32.9 Å². The number of carbonyl (C=O) groups is 1. The smallest absolute Gasteiger partial charge is 0.255 e. The van der Waals surface area contributed by atoms with E-state index in [4.69, 9.17) is 0 Å². The molecule has 1 fully saturated rings. The summed E-state index contributed by atoms with van der Waals surface area (Å²) in [6.07, 6.45) is 0. The van der Waals surface area contributed by atoms with Crippen molar-refractivity contribution in [3.05, 3.63) is 53.1 Å². The second-order valence-corrected chi connectivity index (χ2v) is 10.2. The first-order valence-electron chi connectivity index (χ1n) is 11.1. The van der Waals surface area contributed by atoms with E-state index in [0.29, 0.717) is 29.9 Å². The van der Waals surface area contributed by atoms with Gasteiger partial charge in [-0.2, -0.15) is 4.31 Å². The lowest BCUT2D eigenvalue weighted by Gasteiger charge is -2.35. The molecule has 0 aromatic heterocycles. The zero-order valence-electron chi connectivity index (χ0n) is 19.7. The minimum absolute atomic E-state index is 0.176. The first-order valence-corrected chi connectivity index (χ1v) is 12.6. The Labute approximate surface area is 192 Å². The van der Waals surface area contributed by atoms with Crippen LogP contribution in [-0.2, 0) is 10.0 Å². The molecule has 3 rings (SSSR count). The Balaban J connectivity index is 1.80. The fourth-order valence-electron chi connectivity index (χ4n) is 4.06. The standard InChI is InChI=1S/C24H34N4O3S/c1-6-28(7-2)32(30,31)23-17-20(9-8-18(23)3)24(29)25-21-10-11-22(19(4)16-21)27-14-12-26(5)13-15-27/h8-11,16-17H,6-7,12-15H2,1-5H3,(H,25,29). The molecule has 8 heteroatoms. The van der Waals surface area contributed by atoms with Gasteiger partial charge in [0.2, 0.25) is 10.0 Å². The molecule has 32 heavy (non-hydrogen) atoms. The molecule has 0 aliphatic carbocycles. The van der Waals surface area contributed by atoms with Gasteiger partial charge < -0.3 is 15.1 Å². The summed E-state index contributed by atoms with van der Waals surface area (Å²) in [5, 5.41) is 2.92. The number of sulfonamides is 1. The van der Waals surface area contributed by atoms with Gasteiger partial charge in [-0.1, -0.05) is 19.9 Å². The van der Waals surface area contributed by atoms with E-state index in [9.17, 15) is 13.2 Å². The Bertz CT molecular complexity index is 1070. The average Bonchev–Trinajstić information content (AvgIpc) is 2.75. The number of nitrogens with one attached hydrogen (secondary N) is 1.